The first kappa shape index (κ1) is 26.1. The SMILES string of the molecule is CC[C@H](c1nnnn1Cc1ccc(OC)cc1)N(Cc1ccccc1)Cc1cc2cc(OC)ccc2[nH]c1=O. The van der Waals surface area contributed by atoms with Crippen molar-refractivity contribution in [2.75, 3.05) is 14.2 Å². The monoisotopic (exact) mass is 524 g/mol. The smallest absolute Gasteiger partial charge is 0.252 e. The average Bonchev–Trinajstić information content (AvgIpc) is 3.42. The Labute approximate surface area is 227 Å². The van der Waals surface area contributed by atoms with Gasteiger partial charge in [0, 0.05) is 29.6 Å². The summed E-state index contributed by atoms with van der Waals surface area (Å²) < 4.78 is 12.5. The van der Waals surface area contributed by atoms with Gasteiger partial charge >= 0.3 is 0 Å². The number of rotatable bonds is 11. The Bertz CT molecular complexity index is 1580. The Morgan fingerprint density at radius 2 is 1.64 bits per heavy atom. The van der Waals surface area contributed by atoms with Crippen molar-refractivity contribution in [2.24, 2.45) is 0 Å². The van der Waals surface area contributed by atoms with Crippen molar-refractivity contribution in [3.63, 3.8) is 0 Å². The molecule has 0 saturated heterocycles. The summed E-state index contributed by atoms with van der Waals surface area (Å²) in [5, 5.41) is 13.7. The van der Waals surface area contributed by atoms with E-state index in [1.807, 2.05) is 71.4 Å². The summed E-state index contributed by atoms with van der Waals surface area (Å²) in [7, 11) is 3.29. The van der Waals surface area contributed by atoms with Crippen LogP contribution in [0.1, 0.15) is 41.9 Å². The summed E-state index contributed by atoms with van der Waals surface area (Å²) in [6.45, 7) is 3.69. The molecule has 9 nitrogen and oxygen atoms in total. The Hall–Kier alpha value is -4.50. The molecule has 0 amide bonds. The highest BCUT2D eigenvalue weighted by Crippen LogP contribution is 2.27. The fourth-order valence-corrected chi connectivity index (χ4v) is 4.86. The molecule has 5 aromatic rings. The summed E-state index contributed by atoms with van der Waals surface area (Å²) >= 11 is 0. The Morgan fingerprint density at radius 1 is 0.897 bits per heavy atom. The van der Waals surface area contributed by atoms with Crippen molar-refractivity contribution in [3.05, 3.63) is 112 Å². The molecule has 0 aliphatic rings. The lowest BCUT2D eigenvalue weighted by molar-refractivity contribution is 0.161. The van der Waals surface area contributed by atoms with Gasteiger partial charge in [-0.3, -0.25) is 9.69 Å². The molecule has 0 unspecified atom stereocenters. The molecule has 200 valence electrons. The van der Waals surface area contributed by atoms with Crippen LogP contribution >= 0.6 is 0 Å². The number of benzene rings is 3. The molecule has 2 aromatic heterocycles. The molecule has 0 fully saturated rings. The van der Waals surface area contributed by atoms with E-state index >= 15 is 0 Å². The number of aromatic amines is 1. The minimum Gasteiger partial charge on any atom is -0.497 e. The van der Waals surface area contributed by atoms with Gasteiger partial charge in [-0.2, -0.15) is 0 Å². The molecule has 0 bridgehead atoms. The van der Waals surface area contributed by atoms with Gasteiger partial charge in [-0.25, -0.2) is 4.68 Å². The normalized spacial score (nSPS) is 12.1. The number of nitrogens with one attached hydrogen (secondary N) is 1. The summed E-state index contributed by atoms with van der Waals surface area (Å²) in [4.78, 5) is 18.5. The molecule has 2 heterocycles. The van der Waals surface area contributed by atoms with Gasteiger partial charge in [0.25, 0.3) is 5.56 Å². The number of methoxy groups -OCH3 is 2. The van der Waals surface area contributed by atoms with Crippen LogP contribution in [-0.2, 0) is 19.6 Å². The molecule has 0 radical (unpaired) electrons. The molecule has 0 aliphatic heterocycles. The summed E-state index contributed by atoms with van der Waals surface area (Å²) in [5.41, 5.74) is 3.53. The van der Waals surface area contributed by atoms with Crippen molar-refractivity contribution >= 4 is 10.9 Å². The number of nitrogens with zero attached hydrogens (tertiary/aromatic N) is 5. The molecule has 1 N–H and O–H groups in total. The predicted octanol–water partition coefficient (Wildman–Crippen LogP) is 4.73. The first-order chi connectivity index (χ1) is 19.1. The maximum Gasteiger partial charge on any atom is 0.252 e. The van der Waals surface area contributed by atoms with E-state index < -0.39 is 0 Å². The molecule has 0 aliphatic carbocycles. The van der Waals surface area contributed by atoms with E-state index in [0.29, 0.717) is 25.2 Å². The standard InChI is InChI=1S/C30H32N6O3/c1-4-28(29-32-33-34-36(29)19-22-10-12-25(38-2)13-11-22)35(18-21-8-6-5-7-9-21)20-24-16-23-17-26(39-3)14-15-27(23)31-30(24)37/h5-17,28H,4,18-20H2,1-3H3,(H,31,37)/t28-/m1/s1. The van der Waals surface area contributed by atoms with Gasteiger partial charge in [-0.1, -0.05) is 49.4 Å². The van der Waals surface area contributed by atoms with Gasteiger partial charge in [-0.05, 0) is 64.4 Å². The number of hydrogen-bond donors (Lipinski definition) is 1. The lowest BCUT2D eigenvalue weighted by Crippen LogP contribution is -2.32. The minimum atomic E-state index is -0.126. The van der Waals surface area contributed by atoms with E-state index in [1.165, 1.54) is 0 Å². The van der Waals surface area contributed by atoms with Crippen molar-refractivity contribution in [1.29, 1.82) is 0 Å². The van der Waals surface area contributed by atoms with Crippen LogP contribution in [-0.4, -0.2) is 44.3 Å². The zero-order chi connectivity index (χ0) is 27.2. The van der Waals surface area contributed by atoms with Crippen LogP contribution in [0.15, 0.2) is 83.7 Å². The number of pyridine rings is 1. The Kier molecular flexibility index (Phi) is 7.98. The third-order valence-corrected chi connectivity index (χ3v) is 6.91. The number of fused-ring (bicyclic) bond motifs is 1. The molecule has 3 aromatic carbocycles. The quantitative estimate of drug-likeness (QED) is 0.267. The molecule has 0 saturated carbocycles. The third-order valence-electron chi connectivity index (χ3n) is 6.91. The molecule has 1 atom stereocenters. The summed E-state index contributed by atoms with van der Waals surface area (Å²) in [6, 6.07) is 25.6. The second-order valence-electron chi connectivity index (χ2n) is 9.43. The van der Waals surface area contributed by atoms with E-state index in [4.69, 9.17) is 9.47 Å². The highest BCUT2D eigenvalue weighted by molar-refractivity contribution is 5.80. The second kappa shape index (κ2) is 11.9. The van der Waals surface area contributed by atoms with Gasteiger partial charge in [-0.15, -0.1) is 5.10 Å². The van der Waals surface area contributed by atoms with Crippen molar-refractivity contribution in [1.82, 2.24) is 30.1 Å². The second-order valence-corrected chi connectivity index (χ2v) is 9.43. The van der Waals surface area contributed by atoms with Crippen LogP contribution in [0, 0.1) is 0 Å². The molecule has 39 heavy (non-hydrogen) atoms. The highest BCUT2D eigenvalue weighted by Gasteiger charge is 2.26. The van der Waals surface area contributed by atoms with E-state index in [0.717, 1.165) is 45.8 Å². The van der Waals surface area contributed by atoms with E-state index in [-0.39, 0.29) is 11.6 Å². The zero-order valence-corrected chi connectivity index (χ0v) is 22.4. The maximum absolute atomic E-state index is 13.2. The third kappa shape index (κ3) is 5.99. The number of H-pyrrole nitrogens is 1. The Morgan fingerprint density at radius 3 is 2.36 bits per heavy atom. The van der Waals surface area contributed by atoms with Crippen LogP contribution in [0.5, 0.6) is 11.5 Å². The minimum absolute atomic E-state index is 0.113. The fraction of sp³-hybridized carbons (Fsp3) is 0.267. The van der Waals surface area contributed by atoms with Crippen molar-refractivity contribution < 1.29 is 9.47 Å². The average molecular weight is 525 g/mol. The topological polar surface area (TPSA) is 98.2 Å². The highest BCUT2D eigenvalue weighted by atomic mass is 16.5. The molecular formula is C30H32N6O3. The largest absolute Gasteiger partial charge is 0.497 e. The predicted molar refractivity (Wildman–Crippen MR) is 150 cm³/mol. The van der Waals surface area contributed by atoms with Crippen LogP contribution in [0.2, 0.25) is 0 Å². The maximum atomic E-state index is 13.2. The Balaban J connectivity index is 1.50. The van der Waals surface area contributed by atoms with Gasteiger partial charge in [0.1, 0.15) is 11.5 Å². The first-order valence-electron chi connectivity index (χ1n) is 12.9. The van der Waals surface area contributed by atoms with Crippen molar-refractivity contribution in [2.45, 2.75) is 39.0 Å². The summed E-state index contributed by atoms with van der Waals surface area (Å²) in [6.07, 6.45) is 0.759. The van der Waals surface area contributed by atoms with Crippen LogP contribution < -0.4 is 15.0 Å². The number of hydrogen-bond acceptors (Lipinski definition) is 7. The van der Waals surface area contributed by atoms with Gasteiger partial charge in [0.05, 0.1) is 26.8 Å². The van der Waals surface area contributed by atoms with Gasteiger partial charge < -0.3 is 14.5 Å². The number of tetrazole rings is 1. The lowest BCUT2D eigenvalue weighted by Gasteiger charge is -2.30. The van der Waals surface area contributed by atoms with Gasteiger partial charge in [0.15, 0.2) is 5.82 Å². The molecular weight excluding hydrogens is 492 g/mol. The lowest BCUT2D eigenvalue weighted by atomic mass is 10.1. The van der Waals surface area contributed by atoms with Gasteiger partial charge in [0.2, 0.25) is 0 Å². The molecule has 0 spiro atoms. The molecule has 9 heteroatoms. The van der Waals surface area contributed by atoms with E-state index in [9.17, 15) is 4.79 Å². The molecule has 5 rings (SSSR count). The van der Waals surface area contributed by atoms with Crippen LogP contribution in [0.3, 0.4) is 0 Å². The number of ether oxygens (including phenoxy) is 2. The van der Waals surface area contributed by atoms with Crippen molar-refractivity contribution in [3.8, 4) is 11.5 Å². The number of aromatic nitrogens is 5. The first-order valence-corrected chi connectivity index (χ1v) is 12.9. The zero-order valence-electron chi connectivity index (χ0n) is 22.4. The van der Waals surface area contributed by atoms with E-state index in [1.54, 1.807) is 14.2 Å². The van der Waals surface area contributed by atoms with E-state index in [2.05, 4.69) is 44.5 Å². The van der Waals surface area contributed by atoms with Crippen LogP contribution in [0.25, 0.3) is 10.9 Å². The van der Waals surface area contributed by atoms with Crippen LogP contribution in [0.4, 0.5) is 0 Å². The fourth-order valence-electron chi connectivity index (χ4n) is 4.86. The summed E-state index contributed by atoms with van der Waals surface area (Å²) in [5.74, 6) is 2.29.